The fourth-order valence-electron chi connectivity index (χ4n) is 3.44. The molecular formula is C20H17N5O. The molecule has 3 aromatic rings. The van der Waals surface area contributed by atoms with Crippen molar-refractivity contribution in [3.05, 3.63) is 59.4 Å². The number of amides is 1. The van der Waals surface area contributed by atoms with Crippen LogP contribution in [-0.2, 0) is 17.6 Å². The Hall–Kier alpha value is -3.46. The number of carbonyl (C=O) groups excluding carboxylic acids is 1. The Morgan fingerprint density at radius 3 is 2.81 bits per heavy atom. The first-order valence-electron chi connectivity index (χ1n) is 8.43. The largest absolute Gasteiger partial charge is 0.366 e. The van der Waals surface area contributed by atoms with Crippen LogP contribution < -0.4 is 10.6 Å². The number of carbonyl (C=O) groups is 1. The molecule has 2 N–H and O–H groups in total. The highest BCUT2D eigenvalue weighted by molar-refractivity contribution is 5.90. The van der Waals surface area contributed by atoms with Crippen molar-refractivity contribution in [3.8, 4) is 6.07 Å². The first-order valence-corrected chi connectivity index (χ1v) is 8.43. The zero-order valence-corrected chi connectivity index (χ0v) is 14.3. The summed E-state index contributed by atoms with van der Waals surface area (Å²) >= 11 is 0. The molecule has 1 aromatic heterocycles. The summed E-state index contributed by atoms with van der Waals surface area (Å²) in [6, 6.07) is 13.8. The number of nitrogens with one attached hydrogen (secondary N) is 2. The smallest absolute Gasteiger partial charge is 0.221 e. The minimum atomic E-state index is -0.0709. The number of hydrogen-bond donors (Lipinski definition) is 2. The molecule has 1 heterocycles. The maximum absolute atomic E-state index is 11.2. The molecule has 0 saturated carbocycles. The topological polar surface area (TPSA) is 90.7 Å². The fourth-order valence-corrected chi connectivity index (χ4v) is 3.44. The van der Waals surface area contributed by atoms with Gasteiger partial charge in [0.05, 0.1) is 17.1 Å². The van der Waals surface area contributed by atoms with Crippen molar-refractivity contribution >= 4 is 28.3 Å². The molecular weight excluding hydrogens is 326 g/mol. The summed E-state index contributed by atoms with van der Waals surface area (Å²) in [5, 5.41) is 16.3. The lowest BCUT2D eigenvalue weighted by Gasteiger charge is -2.14. The van der Waals surface area contributed by atoms with Gasteiger partial charge in [-0.25, -0.2) is 9.97 Å². The van der Waals surface area contributed by atoms with E-state index in [-0.39, 0.29) is 11.9 Å². The van der Waals surface area contributed by atoms with Gasteiger partial charge in [0.25, 0.3) is 0 Å². The summed E-state index contributed by atoms with van der Waals surface area (Å²) in [7, 11) is 0. The lowest BCUT2D eigenvalue weighted by Crippen LogP contribution is -2.20. The third kappa shape index (κ3) is 3.07. The Morgan fingerprint density at radius 2 is 2.00 bits per heavy atom. The van der Waals surface area contributed by atoms with Gasteiger partial charge < -0.3 is 10.6 Å². The molecule has 1 atom stereocenters. The van der Waals surface area contributed by atoms with Gasteiger partial charge in [0.15, 0.2) is 0 Å². The SMILES string of the molecule is CC(=O)Nc1ccc2c(c1)C[C@H](Nc1ncnc3ccc(C#N)cc13)C2. The highest BCUT2D eigenvalue weighted by Crippen LogP contribution is 2.29. The molecule has 1 amide bonds. The number of anilines is 2. The number of nitrogens with zero attached hydrogens (tertiary/aromatic N) is 3. The van der Waals surface area contributed by atoms with Crippen LogP contribution in [0.3, 0.4) is 0 Å². The molecule has 6 nitrogen and oxygen atoms in total. The molecule has 128 valence electrons. The van der Waals surface area contributed by atoms with Gasteiger partial charge in [-0.3, -0.25) is 4.79 Å². The van der Waals surface area contributed by atoms with Crippen LogP contribution in [0.15, 0.2) is 42.7 Å². The normalized spacial score (nSPS) is 15.3. The summed E-state index contributed by atoms with van der Waals surface area (Å²) in [6.07, 6.45) is 3.28. The van der Waals surface area contributed by atoms with Crippen LogP contribution >= 0.6 is 0 Å². The molecule has 1 aliphatic rings. The van der Waals surface area contributed by atoms with Gasteiger partial charge in [-0.1, -0.05) is 6.07 Å². The van der Waals surface area contributed by atoms with Gasteiger partial charge in [-0.05, 0) is 54.3 Å². The molecule has 1 aliphatic carbocycles. The Morgan fingerprint density at radius 1 is 1.15 bits per heavy atom. The Labute approximate surface area is 150 Å². The predicted octanol–water partition coefficient (Wildman–Crippen LogP) is 3.04. The van der Waals surface area contributed by atoms with Gasteiger partial charge in [0.2, 0.25) is 5.91 Å². The summed E-state index contributed by atoms with van der Waals surface area (Å²) in [6.45, 7) is 1.51. The highest BCUT2D eigenvalue weighted by Gasteiger charge is 2.22. The van der Waals surface area contributed by atoms with Gasteiger partial charge >= 0.3 is 0 Å². The number of rotatable bonds is 3. The Kier molecular flexibility index (Phi) is 3.98. The lowest BCUT2D eigenvalue weighted by molar-refractivity contribution is -0.114. The number of fused-ring (bicyclic) bond motifs is 2. The van der Waals surface area contributed by atoms with Crippen LogP contribution in [0.4, 0.5) is 11.5 Å². The molecule has 0 bridgehead atoms. The molecule has 0 saturated heterocycles. The van der Waals surface area contributed by atoms with E-state index in [0.29, 0.717) is 5.56 Å². The second-order valence-corrected chi connectivity index (χ2v) is 6.48. The fraction of sp³-hybridized carbons (Fsp3) is 0.200. The number of hydrogen-bond acceptors (Lipinski definition) is 5. The quantitative estimate of drug-likeness (QED) is 0.763. The number of nitriles is 1. The van der Waals surface area contributed by atoms with E-state index in [2.05, 4.69) is 32.7 Å². The van der Waals surface area contributed by atoms with Gasteiger partial charge in [0.1, 0.15) is 12.1 Å². The molecule has 0 aliphatic heterocycles. The maximum Gasteiger partial charge on any atom is 0.221 e. The van der Waals surface area contributed by atoms with E-state index in [1.807, 2.05) is 24.3 Å². The first-order chi connectivity index (χ1) is 12.6. The van der Waals surface area contributed by atoms with E-state index in [1.54, 1.807) is 6.07 Å². The van der Waals surface area contributed by atoms with Crippen molar-refractivity contribution < 1.29 is 4.79 Å². The van der Waals surface area contributed by atoms with Crippen molar-refractivity contribution in [3.63, 3.8) is 0 Å². The standard InChI is InChI=1S/C20H17N5O/c1-12(26)24-16-4-3-14-7-17(9-15(14)8-16)25-20-18-6-13(10-21)2-5-19(18)22-11-23-20/h2-6,8,11,17H,7,9H2,1H3,(H,24,26)(H,22,23,25)/t17-/m1/s1. The average Bonchev–Trinajstić information content (AvgIpc) is 3.02. The average molecular weight is 343 g/mol. The summed E-state index contributed by atoms with van der Waals surface area (Å²) < 4.78 is 0. The molecule has 0 spiro atoms. The van der Waals surface area contributed by atoms with Crippen molar-refractivity contribution in [1.29, 1.82) is 5.26 Å². The second kappa shape index (κ2) is 6.45. The van der Waals surface area contributed by atoms with Crippen LogP contribution in [-0.4, -0.2) is 21.9 Å². The minimum Gasteiger partial charge on any atom is -0.366 e. The van der Waals surface area contributed by atoms with E-state index in [9.17, 15) is 4.79 Å². The molecule has 4 rings (SSSR count). The van der Waals surface area contributed by atoms with Gasteiger partial charge in [-0.2, -0.15) is 5.26 Å². The van der Waals surface area contributed by atoms with Gasteiger partial charge in [0, 0.05) is 24.0 Å². The van der Waals surface area contributed by atoms with E-state index in [4.69, 9.17) is 5.26 Å². The van der Waals surface area contributed by atoms with E-state index < -0.39 is 0 Å². The number of aromatic nitrogens is 2. The van der Waals surface area contributed by atoms with Crippen molar-refractivity contribution in [2.24, 2.45) is 0 Å². The monoisotopic (exact) mass is 343 g/mol. The summed E-state index contributed by atoms with van der Waals surface area (Å²) in [5.74, 6) is 0.672. The lowest BCUT2D eigenvalue weighted by atomic mass is 10.1. The first kappa shape index (κ1) is 16.0. The molecule has 0 fully saturated rings. The van der Waals surface area contributed by atoms with Crippen LogP contribution in [0.25, 0.3) is 10.9 Å². The van der Waals surface area contributed by atoms with E-state index in [0.717, 1.165) is 35.2 Å². The number of benzene rings is 2. The van der Waals surface area contributed by atoms with Crippen molar-refractivity contribution in [1.82, 2.24) is 9.97 Å². The zero-order chi connectivity index (χ0) is 18.1. The van der Waals surface area contributed by atoms with Crippen molar-refractivity contribution in [2.45, 2.75) is 25.8 Å². The second-order valence-electron chi connectivity index (χ2n) is 6.48. The molecule has 0 unspecified atom stereocenters. The Bertz CT molecular complexity index is 1050. The third-order valence-electron chi connectivity index (χ3n) is 4.56. The highest BCUT2D eigenvalue weighted by atomic mass is 16.1. The van der Waals surface area contributed by atoms with Crippen LogP contribution in [0, 0.1) is 11.3 Å². The van der Waals surface area contributed by atoms with Gasteiger partial charge in [-0.15, -0.1) is 0 Å². The maximum atomic E-state index is 11.2. The third-order valence-corrected chi connectivity index (χ3v) is 4.56. The van der Waals surface area contributed by atoms with Crippen molar-refractivity contribution in [2.75, 3.05) is 10.6 Å². The summed E-state index contributed by atoms with van der Waals surface area (Å²) in [4.78, 5) is 19.9. The zero-order valence-electron chi connectivity index (χ0n) is 14.3. The predicted molar refractivity (Wildman–Crippen MR) is 99.8 cm³/mol. The molecule has 6 heteroatoms. The van der Waals surface area contributed by atoms with Crippen LogP contribution in [0.1, 0.15) is 23.6 Å². The summed E-state index contributed by atoms with van der Waals surface area (Å²) in [5.41, 5.74) is 4.72. The molecule has 2 aromatic carbocycles. The Balaban J connectivity index is 1.58. The molecule has 0 radical (unpaired) electrons. The van der Waals surface area contributed by atoms with Crippen LogP contribution in [0.2, 0.25) is 0 Å². The molecule has 26 heavy (non-hydrogen) atoms. The van der Waals surface area contributed by atoms with E-state index >= 15 is 0 Å². The van der Waals surface area contributed by atoms with E-state index in [1.165, 1.54) is 24.4 Å². The van der Waals surface area contributed by atoms with Crippen LogP contribution in [0.5, 0.6) is 0 Å². The minimum absolute atomic E-state index is 0.0709.